The van der Waals surface area contributed by atoms with Crippen LogP contribution in [0.4, 0.5) is 0 Å². The molecule has 0 spiro atoms. The van der Waals surface area contributed by atoms with Crippen molar-refractivity contribution < 1.29 is 18.5 Å². The van der Waals surface area contributed by atoms with E-state index in [1.165, 1.54) is 0 Å². The van der Waals surface area contributed by atoms with Gasteiger partial charge in [0.15, 0.2) is 0 Å². The number of hydrogen-bond donors (Lipinski definition) is 1. The van der Waals surface area contributed by atoms with Crippen LogP contribution in [0.15, 0.2) is 60.7 Å². The molecule has 0 aliphatic rings. The maximum Gasteiger partial charge on any atom is 0.473 e. The predicted octanol–water partition coefficient (Wildman–Crippen LogP) is 3.70. The Hall–Kier alpha value is -1.45. The Balaban J connectivity index is 2.37. The Morgan fingerprint density at radius 2 is 1.37 bits per heavy atom. The van der Waals surface area contributed by atoms with Crippen LogP contribution in [0.5, 0.6) is 0 Å². The van der Waals surface area contributed by atoms with Crippen LogP contribution >= 0.6 is 7.82 Å². The summed E-state index contributed by atoms with van der Waals surface area (Å²) in [6.45, 7) is 0. The van der Waals surface area contributed by atoms with Gasteiger partial charge in [-0.25, -0.2) is 4.57 Å². The van der Waals surface area contributed by atoms with E-state index in [9.17, 15) is 9.46 Å². The van der Waals surface area contributed by atoms with Crippen molar-refractivity contribution in [3.8, 4) is 0 Å². The topological polar surface area (TPSA) is 55.8 Å². The molecule has 0 aliphatic carbocycles. The first kappa shape index (κ1) is 14.0. The average Bonchev–Trinajstić information content (AvgIpc) is 2.47. The van der Waals surface area contributed by atoms with Gasteiger partial charge in [0.05, 0.1) is 7.11 Å². The first-order valence-corrected chi connectivity index (χ1v) is 7.17. The van der Waals surface area contributed by atoms with Crippen LogP contribution in [0, 0.1) is 7.11 Å². The average molecular weight is 277 g/mol. The highest BCUT2D eigenvalue weighted by molar-refractivity contribution is 7.47. The number of hydrogen-bond acceptors (Lipinski definition) is 3. The summed E-state index contributed by atoms with van der Waals surface area (Å²) >= 11 is 0. The Morgan fingerprint density at radius 3 is 1.74 bits per heavy atom. The molecule has 2 rings (SSSR count). The Labute approximate surface area is 112 Å². The summed E-state index contributed by atoms with van der Waals surface area (Å²) < 4.78 is 21.0. The molecule has 0 saturated heterocycles. The van der Waals surface area contributed by atoms with Crippen LogP contribution in [-0.4, -0.2) is 4.89 Å². The summed E-state index contributed by atoms with van der Waals surface area (Å²) in [4.78, 5) is 9.46. The van der Waals surface area contributed by atoms with Gasteiger partial charge in [-0.15, -0.1) is 0 Å². The minimum atomic E-state index is -4.17. The molecule has 99 valence electrons. The molecule has 0 saturated carbocycles. The molecule has 0 fully saturated rings. The molecule has 4 nitrogen and oxygen atoms in total. The van der Waals surface area contributed by atoms with Gasteiger partial charge in [0.1, 0.15) is 6.10 Å². The van der Waals surface area contributed by atoms with E-state index in [1.807, 2.05) is 60.7 Å². The lowest BCUT2D eigenvalue weighted by Gasteiger charge is -2.20. The third-order valence-electron chi connectivity index (χ3n) is 2.61. The number of rotatable bonds is 5. The molecule has 5 heteroatoms. The van der Waals surface area contributed by atoms with Crippen molar-refractivity contribution in [2.75, 3.05) is 0 Å². The van der Waals surface area contributed by atoms with Crippen molar-refractivity contribution in [1.29, 1.82) is 0 Å². The molecule has 0 heterocycles. The Kier molecular flexibility index (Phi) is 4.51. The van der Waals surface area contributed by atoms with Gasteiger partial charge in [0.25, 0.3) is 0 Å². The van der Waals surface area contributed by atoms with Crippen molar-refractivity contribution in [3.05, 3.63) is 78.9 Å². The monoisotopic (exact) mass is 277 g/mol. The quantitative estimate of drug-likeness (QED) is 0.846. The van der Waals surface area contributed by atoms with E-state index in [1.54, 1.807) is 0 Å². The number of benzene rings is 2. The van der Waals surface area contributed by atoms with Gasteiger partial charge >= 0.3 is 7.82 Å². The van der Waals surface area contributed by atoms with Crippen molar-refractivity contribution in [1.82, 2.24) is 0 Å². The fraction of sp³-hybridized carbons (Fsp3) is 0.0714. The van der Waals surface area contributed by atoms with Crippen molar-refractivity contribution in [2.24, 2.45) is 0 Å². The van der Waals surface area contributed by atoms with Gasteiger partial charge in [0, 0.05) is 0 Å². The van der Waals surface area contributed by atoms with E-state index in [0.717, 1.165) is 11.1 Å². The van der Waals surface area contributed by atoms with Crippen molar-refractivity contribution in [3.63, 3.8) is 0 Å². The highest BCUT2D eigenvalue weighted by atomic mass is 31.2. The zero-order valence-corrected chi connectivity index (χ0v) is 11.1. The van der Waals surface area contributed by atoms with E-state index in [-0.39, 0.29) is 0 Å². The lowest BCUT2D eigenvalue weighted by Crippen LogP contribution is -2.05. The van der Waals surface area contributed by atoms with Gasteiger partial charge in [-0.1, -0.05) is 60.7 Å². The molecule has 0 aliphatic heterocycles. The minimum Gasteiger partial charge on any atom is -0.302 e. The molecule has 19 heavy (non-hydrogen) atoms. The molecule has 0 bridgehead atoms. The highest BCUT2D eigenvalue weighted by Gasteiger charge is 2.27. The normalized spacial score (nSPS) is 14.3. The molecule has 0 amide bonds. The SMILES string of the molecule is [CH2]OP(=O)(O)OC(c1ccccc1)c1ccccc1. The number of phosphoric acid groups is 1. The molecule has 2 aromatic rings. The van der Waals surface area contributed by atoms with E-state index in [4.69, 9.17) is 4.52 Å². The zero-order chi connectivity index (χ0) is 13.7. The summed E-state index contributed by atoms with van der Waals surface area (Å²) in [7, 11) is -1.21. The summed E-state index contributed by atoms with van der Waals surface area (Å²) in [5.74, 6) is 0. The van der Waals surface area contributed by atoms with Gasteiger partial charge in [-0.2, -0.15) is 0 Å². The van der Waals surface area contributed by atoms with Crippen LogP contribution in [0.25, 0.3) is 0 Å². The lowest BCUT2D eigenvalue weighted by atomic mass is 10.0. The molecule has 1 atom stereocenters. The van der Waals surface area contributed by atoms with Gasteiger partial charge < -0.3 is 4.89 Å². The van der Waals surface area contributed by atoms with E-state index in [2.05, 4.69) is 11.6 Å². The van der Waals surface area contributed by atoms with Crippen LogP contribution in [0.1, 0.15) is 17.2 Å². The third-order valence-corrected chi connectivity index (χ3v) is 3.41. The van der Waals surface area contributed by atoms with E-state index in [0.29, 0.717) is 0 Å². The molecule has 1 N–H and O–H groups in total. The second-order valence-electron chi connectivity index (χ2n) is 3.90. The van der Waals surface area contributed by atoms with Crippen LogP contribution in [0.3, 0.4) is 0 Å². The molecular weight excluding hydrogens is 263 g/mol. The summed E-state index contributed by atoms with van der Waals surface area (Å²) in [5.41, 5.74) is 1.53. The van der Waals surface area contributed by atoms with Gasteiger partial charge in [-0.3, -0.25) is 9.05 Å². The fourth-order valence-corrected chi connectivity index (χ4v) is 2.30. The Morgan fingerprint density at radius 1 is 0.947 bits per heavy atom. The van der Waals surface area contributed by atoms with Crippen LogP contribution in [0.2, 0.25) is 0 Å². The molecule has 0 aromatic heterocycles. The first-order valence-electron chi connectivity index (χ1n) is 5.67. The fourth-order valence-electron chi connectivity index (χ4n) is 1.73. The second-order valence-corrected chi connectivity index (χ2v) is 5.31. The maximum absolute atomic E-state index is 11.6. The second kappa shape index (κ2) is 6.13. The summed E-state index contributed by atoms with van der Waals surface area (Å²) in [6, 6.07) is 18.3. The molecule has 1 unspecified atom stereocenters. The molecule has 1 radical (unpaired) electrons. The maximum atomic E-state index is 11.6. The lowest BCUT2D eigenvalue weighted by molar-refractivity contribution is 0.149. The predicted molar refractivity (Wildman–Crippen MR) is 72.1 cm³/mol. The minimum absolute atomic E-state index is 0.681. The highest BCUT2D eigenvalue weighted by Crippen LogP contribution is 2.49. The zero-order valence-electron chi connectivity index (χ0n) is 10.2. The van der Waals surface area contributed by atoms with Crippen LogP contribution < -0.4 is 0 Å². The standard InChI is InChI=1S/C14H14O4P/c1-17-19(15,16)18-14(12-8-4-2-5-9-12)13-10-6-3-7-11-13/h2-11,14H,1H2,(H,15,16). The molecule has 2 aromatic carbocycles. The van der Waals surface area contributed by atoms with Gasteiger partial charge in [0.2, 0.25) is 0 Å². The largest absolute Gasteiger partial charge is 0.473 e. The van der Waals surface area contributed by atoms with E-state index < -0.39 is 13.9 Å². The number of phosphoric ester groups is 1. The first-order chi connectivity index (χ1) is 9.12. The summed E-state index contributed by atoms with van der Waals surface area (Å²) in [6.07, 6.45) is -0.681. The van der Waals surface area contributed by atoms with E-state index >= 15 is 0 Å². The summed E-state index contributed by atoms with van der Waals surface area (Å²) in [5, 5.41) is 0. The third kappa shape index (κ3) is 3.75. The smallest absolute Gasteiger partial charge is 0.302 e. The van der Waals surface area contributed by atoms with Crippen LogP contribution in [-0.2, 0) is 13.6 Å². The molecular formula is C14H14O4P. The van der Waals surface area contributed by atoms with Crippen molar-refractivity contribution >= 4 is 7.82 Å². The van der Waals surface area contributed by atoms with Crippen molar-refractivity contribution in [2.45, 2.75) is 6.10 Å². The van der Waals surface area contributed by atoms with Gasteiger partial charge in [-0.05, 0) is 11.1 Å². The Bertz CT molecular complexity index is 517.